The molecule has 0 spiro atoms. The Morgan fingerprint density at radius 1 is 0.810 bits per heavy atom. The maximum atomic E-state index is 6.11. The molecular weight excluding hydrogens is 323 g/mol. The molecule has 0 fully saturated rings. The Labute approximate surface area is 137 Å². The zero-order valence-corrected chi connectivity index (χ0v) is 13.2. The van der Waals surface area contributed by atoms with Gasteiger partial charge in [-0.3, -0.25) is 0 Å². The van der Waals surface area contributed by atoms with Gasteiger partial charge in [-0.2, -0.15) is 0 Å². The highest BCUT2D eigenvalue weighted by Gasteiger charge is 2.07. The van der Waals surface area contributed by atoms with Gasteiger partial charge in [0.05, 0.1) is 0 Å². The number of aromatic nitrogens is 2. The summed E-state index contributed by atoms with van der Waals surface area (Å²) in [6.45, 7) is 0. The smallest absolute Gasteiger partial charge is 0.162 e. The minimum atomic E-state index is 0.424. The molecule has 0 aliphatic heterocycles. The largest absolute Gasteiger partial charge is 0.221 e. The fourth-order valence-electron chi connectivity index (χ4n) is 1.82. The lowest BCUT2D eigenvalue weighted by molar-refractivity contribution is 1.06. The van der Waals surface area contributed by atoms with Crippen LogP contribution in [-0.2, 0) is 0 Å². The van der Waals surface area contributed by atoms with E-state index in [4.69, 9.17) is 23.2 Å². The van der Waals surface area contributed by atoms with Crippen LogP contribution in [0.5, 0.6) is 0 Å². The predicted octanol–water partition coefficient (Wildman–Crippen LogP) is 5.60. The number of rotatable bonds is 3. The summed E-state index contributed by atoms with van der Waals surface area (Å²) in [5, 5.41) is 1.91. The van der Waals surface area contributed by atoms with E-state index < -0.39 is 0 Å². The first-order valence-electron chi connectivity index (χ1n) is 6.24. The number of halogens is 2. The van der Waals surface area contributed by atoms with E-state index in [2.05, 4.69) is 9.97 Å². The van der Waals surface area contributed by atoms with E-state index in [1.165, 1.54) is 11.8 Å². The van der Waals surface area contributed by atoms with E-state index in [9.17, 15) is 0 Å². The van der Waals surface area contributed by atoms with Crippen LogP contribution in [0.25, 0.3) is 11.4 Å². The van der Waals surface area contributed by atoms with Gasteiger partial charge in [-0.1, -0.05) is 71.4 Å². The lowest BCUT2D eigenvalue weighted by Crippen LogP contribution is -1.91. The summed E-state index contributed by atoms with van der Waals surface area (Å²) in [6, 6.07) is 19.1. The summed E-state index contributed by atoms with van der Waals surface area (Å²) in [5.41, 5.74) is 0.938. The molecular formula is C16H10Cl2N2S. The van der Waals surface area contributed by atoms with E-state index in [1.807, 2.05) is 54.6 Å². The monoisotopic (exact) mass is 332 g/mol. The Hall–Kier alpha value is -1.55. The van der Waals surface area contributed by atoms with Crippen LogP contribution in [0.1, 0.15) is 0 Å². The Kier molecular flexibility index (Phi) is 4.44. The summed E-state index contributed by atoms with van der Waals surface area (Å²) >= 11 is 13.6. The molecule has 1 aromatic heterocycles. The first-order valence-corrected chi connectivity index (χ1v) is 7.81. The van der Waals surface area contributed by atoms with Gasteiger partial charge in [0, 0.05) is 21.5 Å². The van der Waals surface area contributed by atoms with Crippen molar-refractivity contribution < 1.29 is 0 Å². The minimum Gasteiger partial charge on any atom is -0.221 e. The molecule has 3 rings (SSSR count). The van der Waals surface area contributed by atoms with Crippen LogP contribution in [0.4, 0.5) is 0 Å². The summed E-state index contributed by atoms with van der Waals surface area (Å²) in [4.78, 5) is 9.84. The predicted molar refractivity (Wildman–Crippen MR) is 88.1 cm³/mol. The lowest BCUT2D eigenvalue weighted by atomic mass is 10.2. The van der Waals surface area contributed by atoms with E-state index in [-0.39, 0.29) is 0 Å². The van der Waals surface area contributed by atoms with Gasteiger partial charge in [-0.05, 0) is 18.2 Å². The molecule has 3 aromatic rings. The Morgan fingerprint density at radius 3 is 2.38 bits per heavy atom. The first-order chi connectivity index (χ1) is 10.2. The standard InChI is InChI=1S/C16H10Cl2N2S/c17-12-7-4-8-13(9-12)21-15-10-14(18)19-16(20-15)11-5-2-1-3-6-11/h1-10H. The summed E-state index contributed by atoms with van der Waals surface area (Å²) in [6.07, 6.45) is 0. The summed E-state index contributed by atoms with van der Waals surface area (Å²) < 4.78 is 0. The molecule has 0 saturated carbocycles. The zero-order valence-electron chi connectivity index (χ0n) is 10.8. The van der Waals surface area contributed by atoms with Gasteiger partial charge in [0.15, 0.2) is 5.82 Å². The van der Waals surface area contributed by atoms with Gasteiger partial charge in [0.25, 0.3) is 0 Å². The lowest BCUT2D eigenvalue weighted by Gasteiger charge is -2.05. The van der Waals surface area contributed by atoms with Crippen molar-refractivity contribution in [3.63, 3.8) is 0 Å². The van der Waals surface area contributed by atoms with Crippen LogP contribution in [0, 0.1) is 0 Å². The third-order valence-corrected chi connectivity index (χ3v) is 4.06. The van der Waals surface area contributed by atoms with Gasteiger partial charge >= 0.3 is 0 Å². The average Bonchev–Trinajstić information content (AvgIpc) is 2.47. The van der Waals surface area contributed by atoms with Crippen molar-refractivity contribution >= 4 is 35.0 Å². The van der Waals surface area contributed by atoms with Gasteiger partial charge in [0.1, 0.15) is 10.2 Å². The van der Waals surface area contributed by atoms with E-state index in [0.717, 1.165) is 15.5 Å². The third-order valence-electron chi connectivity index (χ3n) is 2.72. The van der Waals surface area contributed by atoms with Crippen molar-refractivity contribution in [2.24, 2.45) is 0 Å². The molecule has 104 valence electrons. The van der Waals surface area contributed by atoms with Crippen molar-refractivity contribution in [1.82, 2.24) is 9.97 Å². The maximum Gasteiger partial charge on any atom is 0.162 e. The molecule has 21 heavy (non-hydrogen) atoms. The van der Waals surface area contributed by atoms with Crippen LogP contribution >= 0.6 is 35.0 Å². The minimum absolute atomic E-state index is 0.424. The highest BCUT2D eigenvalue weighted by atomic mass is 35.5. The molecule has 5 heteroatoms. The quantitative estimate of drug-likeness (QED) is 0.583. The Balaban J connectivity index is 1.95. The molecule has 0 radical (unpaired) electrons. The number of nitrogens with zero attached hydrogens (tertiary/aromatic N) is 2. The van der Waals surface area contributed by atoms with Crippen molar-refractivity contribution in [2.45, 2.75) is 9.92 Å². The SMILES string of the molecule is Clc1cccc(Sc2cc(Cl)nc(-c3ccccc3)n2)c1. The van der Waals surface area contributed by atoms with Crippen LogP contribution < -0.4 is 0 Å². The second-order valence-corrected chi connectivity index (χ2v) is 6.20. The fourth-order valence-corrected chi connectivity index (χ4v) is 3.20. The second-order valence-electron chi connectivity index (χ2n) is 4.28. The maximum absolute atomic E-state index is 6.11. The average molecular weight is 333 g/mol. The Bertz CT molecular complexity index is 763. The van der Waals surface area contributed by atoms with Crippen molar-refractivity contribution in [2.75, 3.05) is 0 Å². The third kappa shape index (κ3) is 3.76. The molecule has 1 heterocycles. The van der Waals surface area contributed by atoms with Crippen LogP contribution in [0.2, 0.25) is 10.2 Å². The van der Waals surface area contributed by atoms with Gasteiger partial charge in [-0.15, -0.1) is 0 Å². The molecule has 0 saturated heterocycles. The van der Waals surface area contributed by atoms with Gasteiger partial charge in [-0.25, -0.2) is 9.97 Å². The normalized spacial score (nSPS) is 10.6. The van der Waals surface area contributed by atoms with Crippen molar-refractivity contribution in [3.8, 4) is 11.4 Å². The number of hydrogen-bond acceptors (Lipinski definition) is 3. The molecule has 0 bridgehead atoms. The Morgan fingerprint density at radius 2 is 1.62 bits per heavy atom. The molecule has 0 aliphatic carbocycles. The molecule has 2 aromatic carbocycles. The highest BCUT2D eigenvalue weighted by Crippen LogP contribution is 2.30. The second kappa shape index (κ2) is 6.48. The van der Waals surface area contributed by atoms with Crippen LogP contribution in [0.3, 0.4) is 0 Å². The molecule has 0 aliphatic rings. The molecule has 0 unspecified atom stereocenters. The van der Waals surface area contributed by atoms with Crippen molar-refractivity contribution in [1.29, 1.82) is 0 Å². The molecule has 0 amide bonds. The van der Waals surface area contributed by atoms with Gasteiger partial charge < -0.3 is 0 Å². The highest BCUT2D eigenvalue weighted by molar-refractivity contribution is 7.99. The summed E-state index contributed by atoms with van der Waals surface area (Å²) in [5.74, 6) is 0.618. The molecule has 0 atom stereocenters. The number of benzene rings is 2. The fraction of sp³-hybridized carbons (Fsp3) is 0. The number of hydrogen-bond donors (Lipinski definition) is 0. The zero-order chi connectivity index (χ0) is 14.7. The molecule has 2 nitrogen and oxygen atoms in total. The van der Waals surface area contributed by atoms with E-state index >= 15 is 0 Å². The molecule has 0 N–H and O–H groups in total. The van der Waals surface area contributed by atoms with Crippen LogP contribution in [0.15, 0.2) is 70.6 Å². The topological polar surface area (TPSA) is 25.8 Å². The summed E-state index contributed by atoms with van der Waals surface area (Å²) in [7, 11) is 0. The van der Waals surface area contributed by atoms with Crippen LogP contribution in [-0.4, -0.2) is 9.97 Å². The van der Waals surface area contributed by atoms with E-state index in [0.29, 0.717) is 16.0 Å². The van der Waals surface area contributed by atoms with Gasteiger partial charge in [0.2, 0.25) is 0 Å². The first kappa shape index (κ1) is 14.4. The van der Waals surface area contributed by atoms with E-state index in [1.54, 1.807) is 6.07 Å². The van der Waals surface area contributed by atoms with Crippen molar-refractivity contribution in [3.05, 3.63) is 70.8 Å².